The predicted molar refractivity (Wildman–Crippen MR) is 124 cm³/mol. The first-order valence-electron chi connectivity index (χ1n) is 9.33. The van der Waals surface area contributed by atoms with Gasteiger partial charge in [-0.15, -0.1) is 0 Å². The highest BCUT2D eigenvalue weighted by Crippen LogP contribution is 2.22. The Hall–Kier alpha value is -3.16. The Morgan fingerprint density at radius 1 is 1.03 bits per heavy atom. The van der Waals surface area contributed by atoms with Crippen LogP contribution in [0.25, 0.3) is 0 Å². The highest BCUT2D eigenvalue weighted by Gasteiger charge is 2.08. The van der Waals surface area contributed by atoms with Gasteiger partial charge in [0.15, 0.2) is 0 Å². The van der Waals surface area contributed by atoms with Crippen molar-refractivity contribution in [3.05, 3.63) is 99.0 Å². The predicted octanol–water partition coefficient (Wildman–Crippen LogP) is 4.56. The maximum absolute atomic E-state index is 12.0. The summed E-state index contributed by atoms with van der Waals surface area (Å²) in [4.78, 5) is 24.0. The van der Waals surface area contributed by atoms with Crippen molar-refractivity contribution < 1.29 is 14.3 Å². The number of carbonyl (C=O) groups excluding carboxylic acids is 2. The lowest BCUT2D eigenvalue weighted by molar-refractivity contribution is -0.120. The fourth-order valence-corrected chi connectivity index (χ4v) is 3.10. The number of rotatable bonds is 8. The van der Waals surface area contributed by atoms with Gasteiger partial charge in [-0.25, -0.2) is 5.43 Å². The SMILES string of the molecule is O=C(CNC(=O)c1cccc(Cl)c1)NN=Cc1cc(OCc2ccccc2)ccc1Br. The van der Waals surface area contributed by atoms with E-state index in [0.717, 1.165) is 15.6 Å². The third-order valence-electron chi connectivity index (χ3n) is 4.10. The van der Waals surface area contributed by atoms with Gasteiger partial charge in [-0.3, -0.25) is 9.59 Å². The molecule has 3 aromatic carbocycles. The molecular formula is C23H19BrClN3O3. The summed E-state index contributed by atoms with van der Waals surface area (Å²) in [7, 11) is 0. The molecule has 2 amide bonds. The van der Waals surface area contributed by atoms with E-state index in [2.05, 4.69) is 31.8 Å². The molecule has 0 radical (unpaired) electrons. The number of hydrogen-bond acceptors (Lipinski definition) is 4. The van der Waals surface area contributed by atoms with Crippen LogP contribution in [0.1, 0.15) is 21.5 Å². The zero-order chi connectivity index (χ0) is 22.1. The average molecular weight is 501 g/mol. The van der Waals surface area contributed by atoms with Crippen LogP contribution in [-0.4, -0.2) is 24.6 Å². The molecule has 0 heterocycles. The lowest BCUT2D eigenvalue weighted by Gasteiger charge is -2.08. The van der Waals surface area contributed by atoms with Crippen molar-refractivity contribution >= 4 is 45.6 Å². The smallest absolute Gasteiger partial charge is 0.259 e. The maximum atomic E-state index is 12.0. The first kappa shape index (κ1) is 22.5. The molecule has 0 unspecified atom stereocenters. The number of halogens is 2. The molecule has 6 nitrogen and oxygen atoms in total. The Morgan fingerprint density at radius 3 is 2.61 bits per heavy atom. The first-order valence-corrected chi connectivity index (χ1v) is 10.5. The minimum atomic E-state index is -0.459. The van der Waals surface area contributed by atoms with E-state index in [0.29, 0.717) is 22.9 Å². The Kier molecular flexibility index (Phi) is 8.20. The molecule has 0 saturated carbocycles. The van der Waals surface area contributed by atoms with Crippen LogP contribution in [0.3, 0.4) is 0 Å². The van der Waals surface area contributed by atoms with Gasteiger partial charge in [-0.05, 0) is 42.0 Å². The van der Waals surface area contributed by atoms with Crippen LogP contribution in [0.5, 0.6) is 5.75 Å². The molecule has 0 aliphatic rings. The van der Waals surface area contributed by atoms with Crippen LogP contribution in [0.15, 0.2) is 82.4 Å². The van der Waals surface area contributed by atoms with E-state index in [-0.39, 0.29) is 6.54 Å². The Labute approximate surface area is 193 Å². The number of nitrogens with zero attached hydrogens (tertiary/aromatic N) is 1. The van der Waals surface area contributed by atoms with E-state index in [4.69, 9.17) is 16.3 Å². The number of nitrogens with one attached hydrogen (secondary N) is 2. The van der Waals surface area contributed by atoms with Crippen molar-refractivity contribution in [2.45, 2.75) is 6.61 Å². The van der Waals surface area contributed by atoms with E-state index < -0.39 is 11.8 Å². The van der Waals surface area contributed by atoms with Crippen LogP contribution >= 0.6 is 27.5 Å². The molecule has 0 aliphatic carbocycles. The highest BCUT2D eigenvalue weighted by atomic mass is 79.9. The van der Waals surface area contributed by atoms with Crippen molar-refractivity contribution in [2.24, 2.45) is 5.10 Å². The highest BCUT2D eigenvalue weighted by molar-refractivity contribution is 9.10. The molecule has 0 aliphatic heterocycles. The zero-order valence-electron chi connectivity index (χ0n) is 16.3. The molecular weight excluding hydrogens is 482 g/mol. The van der Waals surface area contributed by atoms with Gasteiger partial charge < -0.3 is 10.1 Å². The number of hydrazone groups is 1. The first-order chi connectivity index (χ1) is 15.0. The molecule has 0 fully saturated rings. The van der Waals surface area contributed by atoms with E-state index >= 15 is 0 Å². The Bertz CT molecular complexity index is 1090. The van der Waals surface area contributed by atoms with Gasteiger partial charge in [0.2, 0.25) is 0 Å². The standard InChI is InChI=1S/C23H19BrClN3O3/c24-21-10-9-20(31-15-16-5-2-1-3-6-16)12-18(21)13-27-28-22(29)14-26-23(30)17-7-4-8-19(25)11-17/h1-13H,14-15H2,(H,26,30)(H,28,29). The fourth-order valence-electron chi connectivity index (χ4n) is 2.56. The van der Waals surface area contributed by atoms with Gasteiger partial charge in [-0.1, -0.05) is 63.9 Å². The van der Waals surface area contributed by atoms with Gasteiger partial charge in [0.25, 0.3) is 11.8 Å². The lowest BCUT2D eigenvalue weighted by Crippen LogP contribution is -2.34. The largest absolute Gasteiger partial charge is 0.489 e. The van der Waals surface area contributed by atoms with Gasteiger partial charge in [0.1, 0.15) is 12.4 Å². The molecule has 3 aromatic rings. The van der Waals surface area contributed by atoms with E-state index in [9.17, 15) is 9.59 Å². The number of carbonyl (C=O) groups is 2. The number of hydrogen-bond donors (Lipinski definition) is 2. The molecule has 158 valence electrons. The van der Waals surface area contributed by atoms with Crippen LogP contribution in [0.2, 0.25) is 5.02 Å². The van der Waals surface area contributed by atoms with Gasteiger partial charge in [0.05, 0.1) is 12.8 Å². The quantitative estimate of drug-likeness (QED) is 0.351. The van der Waals surface area contributed by atoms with Gasteiger partial charge in [0, 0.05) is 20.6 Å². The normalized spacial score (nSPS) is 10.6. The summed E-state index contributed by atoms with van der Waals surface area (Å²) < 4.78 is 6.60. The molecule has 3 rings (SSSR count). The molecule has 0 spiro atoms. The summed E-state index contributed by atoms with van der Waals surface area (Å²) in [6, 6.07) is 21.8. The summed E-state index contributed by atoms with van der Waals surface area (Å²) >= 11 is 9.31. The molecule has 8 heteroatoms. The van der Waals surface area contributed by atoms with Crippen LogP contribution in [0, 0.1) is 0 Å². The molecule has 2 N–H and O–H groups in total. The van der Waals surface area contributed by atoms with Crippen molar-refractivity contribution in [1.29, 1.82) is 0 Å². The molecule has 0 atom stereocenters. The second kappa shape index (κ2) is 11.3. The second-order valence-electron chi connectivity index (χ2n) is 6.44. The fraction of sp³-hybridized carbons (Fsp3) is 0.0870. The lowest BCUT2D eigenvalue weighted by atomic mass is 10.2. The minimum absolute atomic E-state index is 0.218. The molecule has 0 bridgehead atoms. The number of benzene rings is 3. The van der Waals surface area contributed by atoms with Gasteiger partial charge in [-0.2, -0.15) is 5.10 Å². The summed E-state index contributed by atoms with van der Waals surface area (Å²) in [5, 5.41) is 6.91. The Balaban J connectivity index is 1.50. The van der Waals surface area contributed by atoms with Crippen molar-refractivity contribution in [2.75, 3.05) is 6.54 Å². The minimum Gasteiger partial charge on any atom is -0.489 e. The number of ether oxygens (including phenoxy) is 1. The topological polar surface area (TPSA) is 79.8 Å². The number of amides is 2. The summed E-state index contributed by atoms with van der Waals surface area (Å²) in [5.41, 5.74) is 4.55. The second-order valence-corrected chi connectivity index (χ2v) is 7.73. The van der Waals surface area contributed by atoms with E-state index in [1.54, 1.807) is 18.2 Å². The zero-order valence-corrected chi connectivity index (χ0v) is 18.7. The Morgan fingerprint density at radius 2 is 1.84 bits per heavy atom. The summed E-state index contributed by atoms with van der Waals surface area (Å²) in [6.45, 7) is 0.228. The third kappa shape index (κ3) is 7.24. The van der Waals surface area contributed by atoms with E-state index in [1.165, 1.54) is 12.3 Å². The monoisotopic (exact) mass is 499 g/mol. The molecule has 31 heavy (non-hydrogen) atoms. The van der Waals surface area contributed by atoms with Crippen molar-refractivity contribution in [3.63, 3.8) is 0 Å². The van der Waals surface area contributed by atoms with Crippen LogP contribution < -0.4 is 15.5 Å². The molecule has 0 aromatic heterocycles. The molecule has 0 saturated heterocycles. The summed E-state index contributed by atoms with van der Waals surface area (Å²) in [5.74, 6) is -0.180. The average Bonchev–Trinajstić information content (AvgIpc) is 2.78. The summed E-state index contributed by atoms with van der Waals surface area (Å²) in [6.07, 6.45) is 1.50. The van der Waals surface area contributed by atoms with Crippen molar-refractivity contribution in [1.82, 2.24) is 10.7 Å². The van der Waals surface area contributed by atoms with Crippen LogP contribution in [-0.2, 0) is 11.4 Å². The van der Waals surface area contributed by atoms with Crippen molar-refractivity contribution in [3.8, 4) is 5.75 Å². The van der Waals surface area contributed by atoms with Gasteiger partial charge >= 0.3 is 0 Å². The van der Waals surface area contributed by atoms with E-state index in [1.807, 2.05) is 48.5 Å². The maximum Gasteiger partial charge on any atom is 0.259 e. The van der Waals surface area contributed by atoms with Crippen LogP contribution in [0.4, 0.5) is 0 Å². The third-order valence-corrected chi connectivity index (χ3v) is 5.06.